The Hall–Kier alpha value is -2.04. The number of aryl methyl sites for hydroxylation is 1. The fourth-order valence-electron chi connectivity index (χ4n) is 1.43. The number of aldehydes is 1. The highest BCUT2D eigenvalue weighted by Crippen LogP contribution is 2.17. The summed E-state index contributed by atoms with van der Waals surface area (Å²) >= 11 is 0. The molecule has 2 aromatic heterocycles. The summed E-state index contributed by atoms with van der Waals surface area (Å²) in [5.41, 5.74) is 1.53. The minimum atomic E-state index is -0.512. The van der Waals surface area contributed by atoms with Crippen molar-refractivity contribution in [2.24, 2.45) is 0 Å². The molecule has 2 aromatic rings. The van der Waals surface area contributed by atoms with Gasteiger partial charge in [-0.15, -0.1) is 0 Å². The molecule has 2 heterocycles. The number of nitrogens with zero attached hydrogens (tertiary/aromatic N) is 3. The highest BCUT2D eigenvalue weighted by molar-refractivity contribution is 5.84. The van der Waals surface area contributed by atoms with Crippen LogP contribution in [0.1, 0.15) is 10.4 Å². The molecule has 0 aromatic carbocycles. The molecule has 0 aliphatic heterocycles. The zero-order valence-electron chi connectivity index (χ0n) is 8.51. The van der Waals surface area contributed by atoms with Gasteiger partial charge < -0.3 is 0 Å². The minimum absolute atomic E-state index is 0.147. The van der Waals surface area contributed by atoms with E-state index >= 15 is 0 Å². The maximum atomic E-state index is 12.2. The van der Waals surface area contributed by atoms with Gasteiger partial charge in [0.15, 0.2) is 6.29 Å². The number of hydrogen-bond acceptors (Lipinski definition) is 3. The number of halogens is 1. The zero-order chi connectivity index (χ0) is 11.4. The van der Waals surface area contributed by atoms with Gasteiger partial charge in [0.05, 0.1) is 17.8 Å². The maximum absolute atomic E-state index is 12.2. The number of carbonyl (C=O) groups excluding carboxylic acids is 1. The van der Waals surface area contributed by atoms with Crippen molar-refractivity contribution < 1.29 is 9.18 Å². The van der Waals surface area contributed by atoms with E-state index in [1.54, 1.807) is 18.3 Å². The standard InChI is InChI=1S/C11H10FN3O/c12-4-6-15-7-9(8-16)11(14-15)10-3-1-2-5-13-10/h1-3,5,7-8H,4,6H2. The fraction of sp³-hybridized carbons (Fsp3) is 0.182. The first-order valence-corrected chi connectivity index (χ1v) is 4.85. The molecule has 0 aliphatic carbocycles. The Bertz CT molecular complexity index is 481. The predicted octanol–water partition coefficient (Wildman–Crippen LogP) is 1.73. The van der Waals surface area contributed by atoms with Crippen molar-refractivity contribution in [2.75, 3.05) is 6.67 Å². The van der Waals surface area contributed by atoms with Crippen LogP contribution in [0.4, 0.5) is 4.39 Å². The third kappa shape index (κ3) is 1.98. The van der Waals surface area contributed by atoms with Gasteiger partial charge in [0.2, 0.25) is 0 Å². The van der Waals surface area contributed by atoms with Gasteiger partial charge in [0.1, 0.15) is 12.4 Å². The van der Waals surface area contributed by atoms with Crippen molar-refractivity contribution in [3.8, 4) is 11.4 Å². The SMILES string of the molecule is O=Cc1cn(CCF)nc1-c1ccccn1. The number of carbonyl (C=O) groups is 1. The maximum Gasteiger partial charge on any atom is 0.153 e. The predicted molar refractivity (Wildman–Crippen MR) is 56.8 cm³/mol. The second-order valence-electron chi connectivity index (χ2n) is 3.22. The Morgan fingerprint density at radius 3 is 2.94 bits per heavy atom. The van der Waals surface area contributed by atoms with E-state index in [1.807, 2.05) is 6.07 Å². The first-order valence-electron chi connectivity index (χ1n) is 4.85. The normalized spacial score (nSPS) is 10.3. The smallest absolute Gasteiger partial charge is 0.153 e. The fourth-order valence-corrected chi connectivity index (χ4v) is 1.43. The molecule has 0 fully saturated rings. The summed E-state index contributed by atoms with van der Waals surface area (Å²) in [5, 5.41) is 4.12. The highest BCUT2D eigenvalue weighted by Gasteiger charge is 2.10. The van der Waals surface area contributed by atoms with Gasteiger partial charge >= 0.3 is 0 Å². The van der Waals surface area contributed by atoms with Crippen LogP contribution in [0.5, 0.6) is 0 Å². The van der Waals surface area contributed by atoms with E-state index < -0.39 is 6.67 Å². The number of pyridine rings is 1. The van der Waals surface area contributed by atoms with Crippen LogP contribution in [-0.4, -0.2) is 27.7 Å². The van der Waals surface area contributed by atoms with Crippen LogP contribution < -0.4 is 0 Å². The molecule has 0 bridgehead atoms. The Morgan fingerprint density at radius 1 is 1.44 bits per heavy atom. The molecule has 0 spiro atoms. The Morgan fingerprint density at radius 2 is 2.31 bits per heavy atom. The molecule has 0 aliphatic rings. The molecule has 0 radical (unpaired) electrons. The molecule has 0 amide bonds. The molecule has 4 nitrogen and oxygen atoms in total. The van der Waals surface area contributed by atoms with Gasteiger partial charge in [-0.05, 0) is 12.1 Å². The van der Waals surface area contributed by atoms with E-state index in [9.17, 15) is 9.18 Å². The summed E-state index contributed by atoms with van der Waals surface area (Å²) in [7, 11) is 0. The second-order valence-corrected chi connectivity index (χ2v) is 3.22. The van der Waals surface area contributed by atoms with Crippen molar-refractivity contribution in [1.29, 1.82) is 0 Å². The first-order chi connectivity index (χ1) is 7.85. The molecular weight excluding hydrogens is 209 g/mol. The van der Waals surface area contributed by atoms with Crippen molar-refractivity contribution in [1.82, 2.24) is 14.8 Å². The van der Waals surface area contributed by atoms with Crippen molar-refractivity contribution in [3.63, 3.8) is 0 Å². The largest absolute Gasteiger partial charge is 0.298 e. The van der Waals surface area contributed by atoms with Crippen molar-refractivity contribution >= 4 is 6.29 Å². The van der Waals surface area contributed by atoms with E-state index in [-0.39, 0.29) is 6.54 Å². The molecule has 0 unspecified atom stereocenters. The summed E-state index contributed by atoms with van der Waals surface area (Å²) in [5.74, 6) is 0. The van der Waals surface area contributed by atoms with Crippen molar-refractivity contribution in [2.45, 2.75) is 6.54 Å². The van der Waals surface area contributed by atoms with Crippen LogP contribution in [0, 0.1) is 0 Å². The van der Waals surface area contributed by atoms with Crippen LogP contribution >= 0.6 is 0 Å². The first kappa shape index (κ1) is 10.5. The van der Waals surface area contributed by atoms with Gasteiger partial charge in [-0.1, -0.05) is 6.07 Å². The van der Waals surface area contributed by atoms with E-state index in [4.69, 9.17) is 0 Å². The lowest BCUT2D eigenvalue weighted by Crippen LogP contribution is -1.99. The molecule has 0 N–H and O–H groups in total. The van der Waals surface area contributed by atoms with Crippen LogP contribution in [0.3, 0.4) is 0 Å². The van der Waals surface area contributed by atoms with E-state index in [0.29, 0.717) is 23.2 Å². The number of aromatic nitrogens is 3. The molecule has 2 rings (SSSR count). The third-order valence-corrected chi connectivity index (χ3v) is 2.14. The summed E-state index contributed by atoms with van der Waals surface area (Å²) < 4.78 is 13.6. The van der Waals surface area contributed by atoms with E-state index in [2.05, 4.69) is 10.1 Å². The van der Waals surface area contributed by atoms with Crippen LogP contribution in [0.2, 0.25) is 0 Å². The van der Waals surface area contributed by atoms with Gasteiger partial charge in [0, 0.05) is 12.4 Å². The average molecular weight is 219 g/mol. The Kier molecular flexibility index (Phi) is 3.05. The van der Waals surface area contributed by atoms with Gasteiger partial charge in [-0.3, -0.25) is 14.5 Å². The van der Waals surface area contributed by atoms with E-state index in [1.165, 1.54) is 10.9 Å². The molecular formula is C11H10FN3O. The molecule has 82 valence electrons. The topological polar surface area (TPSA) is 47.8 Å². The summed E-state index contributed by atoms with van der Waals surface area (Å²) in [6.45, 7) is -0.366. The minimum Gasteiger partial charge on any atom is -0.298 e. The lowest BCUT2D eigenvalue weighted by atomic mass is 10.2. The third-order valence-electron chi connectivity index (χ3n) is 2.14. The molecule has 0 atom stereocenters. The zero-order valence-corrected chi connectivity index (χ0v) is 8.51. The van der Waals surface area contributed by atoms with Crippen LogP contribution in [0.15, 0.2) is 30.6 Å². The average Bonchev–Trinajstić information content (AvgIpc) is 2.74. The molecule has 0 saturated carbocycles. The number of rotatable bonds is 4. The number of hydrogen-bond donors (Lipinski definition) is 0. The number of alkyl halides is 1. The lowest BCUT2D eigenvalue weighted by molar-refractivity contribution is 0.112. The summed E-state index contributed by atoms with van der Waals surface area (Å²) in [6.07, 6.45) is 3.85. The lowest BCUT2D eigenvalue weighted by Gasteiger charge is -1.96. The highest BCUT2D eigenvalue weighted by atomic mass is 19.1. The van der Waals surface area contributed by atoms with Gasteiger partial charge in [0.25, 0.3) is 0 Å². The summed E-state index contributed by atoms with van der Waals surface area (Å²) in [6, 6.07) is 5.35. The monoisotopic (exact) mass is 219 g/mol. The van der Waals surface area contributed by atoms with Crippen LogP contribution in [0.25, 0.3) is 11.4 Å². The molecule has 5 heteroatoms. The quantitative estimate of drug-likeness (QED) is 0.736. The second kappa shape index (κ2) is 4.65. The summed E-state index contributed by atoms with van der Waals surface area (Å²) in [4.78, 5) is 14.9. The van der Waals surface area contributed by atoms with Crippen LogP contribution in [-0.2, 0) is 6.54 Å². The van der Waals surface area contributed by atoms with Gasteiger partial charge in [-0.2, -0.15) is 5.10 Å². The molecule has 0 saturated heterocycles. The van der Waals surface area contributed by atoms with Gasteiger partial charge in [-0.25, -0.2) is 4.39 Å². The van der Waals surface area contributed by atoms with Crippen molar-refractivity contribution in [3.05, 3.63) is 36.2 Å². The molecule has 16 heavy (non-hydrogen) atoms. The Balaban J connectivity index is 2.43. The Labute approximate surface area is 91.7 Å². The van der Waals surface area contributed by atoms with E-state index in [0.717, 1.165) is 0 Å².